The molecule has 0 bridgehead atoms. The average molecular weight is 300 g/mol. The monoisotopic (exact) mass is 300 g/mol. The molecule has 0 saturated heterocycles. The SMILES string of the molecule is Cc1ccc(C(=O)NC2(C(=O)O)COc3ccccc3C2)[nH]1. The number of aromatic nitrogens is 1. The molecule has 1 aliphatic rings. The van der Waals surface area contributed by atoms with Crippen LogP contribution in [0.4, 0.5) is 0 Å². The summed E-state index contributed by atoms with van der Waals surface area (Å²) in [5.41, 5.74) is 0.459. The van der Waals surface area contributed by atoms with E-state index in [1.165, 1.54) is 0 Å². The van der Waals surface area contributed by atoms with E-state index < -0.39 is 17.4 Å². The van der Waals surface area contributed by atoms with Crippen molar-refractivity contribution in [2.45, 2.75) is 18.9 Å². The molecule has 3 rings (SSSR count). The van der Waals surface area contributed by atoms with E-state index in [9.17, 15) is 14.7 Å². The molecule has 1 aromatic heterocycles. The maximum absolute atomic E-state index is 12.3. The smallest absolute Gasteiger partial charge is 0.333 e. The van der Waals surface area contributed by atoms with Crippen LogP contribution in [0.1, 0.15) is 21.7 Å². The molecular formula is C16H16N2O4. The molecule has 2 heterocycles. The maximum atomic E-state index is 12.3. The van der Waals surface area contributed by atoms with E-state index in [-0.39, 0.29) is 13.0 Å². The fraction of sp³-hybridized carbons (Fsp3) is 0.250. The number of fused-ring (bicyclic) bond motifs is 1. The number of para-hydroxylation sites is 1. The zero-order valence-corrected chi connectivity index (χ0v) is 12.1. The molecular weight excluding hydrogens is 284 g/mol. The third kappa shape index (κ3) is 2.43. The van der Waals surface area contributed by atoms with Crippen LogP contribution in [0.2, 0.25) is 0 Å². The van der Waals surface area contributed by atoms with Gasteiger partial charge in [0.2, 0.25) is 0 Å². The molecule has 1 amide bonds. The van der Waals surface area contributed by atoms with E-state index >= 15 is 0 Å². The summed E-state index contributed by atoms with van der Waals surface area (Å²) in [6.07, 6.45) is 0.184. The zero-order valence-electron chi connectivity index (χ0n) is 12.1. The first-order valence-electron chi connectivity index (χ1n) is 6.92. The molecule has 2 aromatic rings. The topological polar surface area (TPSA) is 91.4 Å². The molecule has 0 fully saturated rings. The lowest BCUT2D eigenvalue weighted by Gasteiger charge is -2.34. The highest BCUT2D eigenvalue weighted by molar-refractivity contribution is 5.97. The highest BCUT2D eigenvalue weighted by Gasteiger charge is 2.44. The van der Waals surface area contributed by atoms with Crippen molar-refractivity contribution in [3.05, 3.63) is 53.3 Å². The number of aliphatic carboxylic acids is 1. The first kappa shape index (κ1) is 14.2. The standard InChI is InChI=1S/C16H16N2O4/c1-10-6-7-12(17-10)14(19)18-16(15(20)21)8-11-4-2-3-5-13(11)22-9-16/h2-7,17H,8-9H2,1H3,(H,18,19)(H,20,21). The predicted octanol–water partition coefficient (Wildman–Crippen LogP) is 1.51. The summed E-state index contributed by atoms with van der Waals surface area (Å²) in [4.78, 5) is 26.9. The Balaban J connectivity index is 1.88. The number of amides is 1. The molecule has 22 heavy (non-hydrogen) atoms. The van der Waals surface area contributed by atoms with Gasteiger partial charge in [-0.2, -0.15) is 0 Å². The van der Waals surface area contributed by atoms with Gasteiger partial charge >= 0.3 is 5.97 Å². The van der Waals surface area contributed by atoms with Crippen LogP contribution >= 0.6 is 0 Å². The Labute approximate surface area is 127 Å². The molecule has 1 aromatic carbocycles. The number of ether oxygens (including phenoxy) is 1. The van der Waals surface area contributed by atoms with Gasteiger partial charge in [0, 0.05) is 12.1 Å². The number of carboxylic acid groups (broad SMARTS) is 1. The highest BCUT2D eigenvalue weighted by atomic mass is 16.5. The number of hydrogen-bond donors (Lipinski definition) is 3. The molecule has 1 aliphatic heterocycles. The third-order valence-corrected chi connectivity index (χ3v) is 3.78. The molecule has 1 unspecified atom stereocenters. The van der Waals surface area contributed by atoms with Crippen molar-refractivity contribution < 1.29 is 19.4 Å². The first-order chi connectivity index (χ1) is 10.5. The van der Waals surface area contributed by atoms with Crippen molar-refractivity contribution in [3.8, 4) is 5.75 Å². The van der Waals surface area contributed by atoms with Crippen molar-refractivity contribution in [2.75, 3.05) is 6.61 Å². The van der Waals surface area contributed by atoms with Gasteiger partial charge in [-0.3, -0.25) is 4.79 Å². The maximum Gasteiger partial charge on any atom is 0.333 e. The summed E-state index contributed by atoms with van der Waals surface area (Å²) in [7, 11) is 0. The number of nitrogens with one attached hydrogen (secondary N) is 2. The number of carbonyl (C=O) groups is 2. The number of rotatable bonds is 3. The van der Waals surface area contributed by atoms with Crippen LogP contribution < -0.4 is 10.1 Å². The Morgan fingerprint density at radius 2 is 2.05 bits per heavy atom. The van der Waals surface area contributed by atoms with E-state index in [1.807, 2.05) is 19.1 Å². The lowest BCUT2D eigenvalue weighted by molar-refractivity contribution is -0.146. The Bertz CT molecular complexity index is 737. The van der Waals surface area contributed by atoms with Crippen molar-refractivity contribution in [3.63, 3.8) is 0 Å². The van der Waals surface area contributed by atoms with Crippen LogP contribution in [0.15, 0.2) is 36.4 Å². The Morgan fingerprint density at radius 1 is 1.27 bits per heavy atom. The molecule has 6 nitrogen and oxygen atoms in total. The number of hydrogen-bond acceptors (Lipinski definition) is 3. The number of aromatic amines is 1. The second kappa shape index (κ2) is 5.22. The van der Waals surface area contributed by atoms with Gasteiger partial charge in [0.15, 0.2) is 5.54 Å². The van der Waals surface area contributed by atoms with Gasteiger partial charge in [-0.05, 0) is 30.7 Å². The summed E-state index contributed by atoms with van der Waals surface area (Å²) in [5.74, 6) is -0.915. The van der Waals surface area contributed by atoms with Crippen LogP contribution in [0.5, 0.6) is 5.75 Å². The number of benzene rings is 1. The third-order valence-electron chi connectivity index (χ3n) is 3.78. The largest absolute Gasteiger partial charge is 0.490 e. The van der Waals surface area contributed by atoms with E-state index in [1.54, 1.807) is 24.3 Å². The molecule has 0 spiro atoms. The lowest BCUT2D eigenvalue weighted by atomic mass is 9.88. The van der Waals surface area contributed by atoms with Gasteiger partial charge in [0.25, 0.3) is 5.91 Å². The molecule has 0 aliphatic carbocycles. The fourth-order valence-corrected chi connectivity index (χ4v) is 2.56. The minimum Gasteiger partial charge on any atom is -0.490 e. The van der Waals surface area contributed by atoms with Crippen molar-refractivity contribution in [2.24, 2.45) is 0 Å². The molecule has 0 radical (unpaired) electrons. The van der Waals surface area contributed by atoms with Gasteiger partial charge in [-0.15, -0.1) is 0 Å². The van der Waals surface area contributed by atoms with Gasteiger partial charge in [-0.1, -0.05) is 18.2 Å². The van der Waals surface area contributed by atoms with Gasteiger partial charge in [0.05, 0.1) is 0 Å². The van der Waals surface area contributed by atoms with Gasteiger partial charge in [0.1, 0.15) is 18.1 Å². The summed E-state index contributed by atoms with van der Waals surface area (Å²) in [5, 5.41) is 12.2. The Morgan fingerprint density at radius 3 is 2.73 bits per heavy atom. The molecule has 6 heteroatoms. The van der Waals surface area contributed by atoms with E-state index in [4.69, 9.17) is 4.74 Å². The van der Waals surface area contributed by atoms with E-state index in [0.29, 0.717) is 11.4 Å². The zero-order chi connectivity index (χ0) is 15.7. The second-order valence-electron chi connectivity index (χ2n) is 5.47. The van der Waals surface area contributed by atoms with Crippen molar-refractivity contribution in [1.29, 1.82) is 0 Å². The van der Waals surface area contributed by atoms with Crippen LogP contribution in [-0.2, 0) is 11.2 Å². The number of carbonyl (C=O) groups excluding carboxylic acids is 1. The summed E-state index contributed by atoms with van der Waals surface area (Å²) >= 11 is 0. The van der Waals surface area contributed by atoms with Crippen molar-refractivity contribution in [1.82, 2.24) is 10.3 Å². The van der Waals surface area contributed by atoms with Gasteiger partial charge in [-0.25, -0.2) is 4.79 Å². The quantitative estimate of drug-likeness (QED) is 0.801. The predicted molar refractivity (Wildman–Crippen MR) is 79.0 cm³/mol. The second-order valence-corrected chi connectivity index (χ2v) is 5.47. The Kier molecular flexibility index (Phi) is 3.36. The summed E-state index contributed by atoms with van der Waals surface area (Å²) < 4.78 is 5.54. The van der Waals surface area contributed by atoms with Crippen molar-refractivity contribution >= 4 is 11.9 Å². The lowest BCUT2D eigenvalue weighted by Crippen LogP contribution is -2.61. The summed E-state index contributed by atoms with van der Waals surface area (Å²) in [6.45, 7) is 1.72. The Hall–Kier alpha value is -2.76. The average Bonchev–Trinajstić information content (AvgIpc) is 2.93. The molecule has 114 valence electrons. The molecule has 0 saturated carbocycles. The summed E-state index contributed by atoms with van der Waals surface area (Å²) in [6, 6.07) is 10.6. The van der Waals surface area contributed by atoms with E-state index in [0.717, 1.165) is 11.3 Å². The molecule has 1 atom stereocenters. The van der Waals surface area contributed by atoms with Gasteiger partial charge < -0.3 is 20.1 Å². The van der Waals surface area contributed by atoms with Crippen LogP contribution in [-0.4, -0.2) is 34.1 Å². The minimum absolute atomic E-state index is 0.106. The number of H-pyrrole nitrogens is 1. The number of carboxylic acids is 1. The van der Waals surface area contributed by atoms with Crippen LogP contribution in [0.3, 0.4) is 0 Å². The fourth-order valence-electron chi connectivity index (χ4n) is 2.56. The minimum atomic E-state index is -1.47. The van der Waals surface area contributed by atoms with Crippen LogP contribution in [0.25, 0.3) is 0 Å². The normalized spacial score (nSPS) is 19.9. The van der Waals surface area contributed by atoms with E-state index in [2.05, 4.69) is 10.3 Å². The highest BCUT2D eigenvalue weighted by Crippen LogP contribution is 2.29. The van der Waals surface area contributed by atoms with Crippen LogP contribution in [0, 0.1) is 6.92 Å². The number of aryl methyl sites for hydroxylation is 1. The molecule has 3 N–H and O–H groups in total. The first-order valence-corrected chi connectivity index (χ1v) is 6.92.